The minimum absolute atomic E-state index is 0.0988. The van der Waals surface area contributed by atoms with Crippen LogP contribution >= 0.6 is 24.0 Å². The maximum absolute atomic E-state index is 13.4. The molecule has 2 heterocycles. The minimum Gasteiger partial charge on any atom is -0.371 e. The summed E-state index contributed by atoms with van der Waals surface area (Å²) in [6.45, 7) is 7.54. The second-order valence-electron chi connectivity index (χ2n) is 10.6. The van der Waals surface area contributed by atoms with Crippen LogP contribution in [0.2, 0.25) is 0 Å². The summed E-state index contributed by atoms with van der Waals surface area (Å²) in [6.07, 6.45) is 15.0. The maximum Gasteiger partial charge on any atom is 0.270 e. The topological polar surface area (TPSA) is 78.1 Å². The van der Waals surface area contributed by atoms with Crippen molar-refractivity contribution in [3.8, 4) is 6.07 Å². The first-order valence-corrected chi connectivity index (χ1v) is 16.4. The molecule has 0 bridgehead atoms. The van der Waals surface area contributed by atoms with E-state index in [9.17, 15) is 14.9 Å². The highest BCUT2D eigenvalue weighted by molar-refractivity contribution is 8.26. The van der Waals surface area contributed by atoms with Gasteiger partial charge in [0, 0.05) is 25.2 Å². The first-order valence-electron chi connectivity index (χ1n) is 15.1. The summed E-state index contributed by atoms with van der Waals surface area (Å²) in [7, 11) is 0. The summed E-state index contributed by atoms with van der Waals surface area (Å²) in [5, 5.41) is 13.2. The van der Waals surface area contributed by atoms with Crippen LogP contribution in [-0.2, 0) is 17.8 Å². The normalized spacial score (nSPS) is 14.2. The number of nitrogens with zero attached hydrogens (tertiary/aromatic N) is 3. The van der Waals surface area contributed by atoms with Crippen molar-refractivity contribution >= 4 is 46.1 Å². The first-order chi connectivity index (χ1) is 19.9. The number of unbranched alkanes of at least 4 members (excludes halogenated alkanes) is 9. The van der Waals surface area contributed by atoms with E-state index in [-0.39, 0.29) is 17.0 Å². The number of anilines is 1. The van der Waals surface area contributed by atoms with Crippen LogP contribution in [0.1, 0.15) is 100 Å². The lowest BCUT2D eigenvalue weighted by Gasteiger charge is -2.19. The lowest BCUT2D eigenvalue weighted by atomic mass is 10.0. The zero-order chi connectivity index (χ0) is 29.6. The van der Waals surface area contributed by atoms with E-state index < -0.39 is 0 Å². The van der Waals surface area contributed by atoms with Crippen molar-refractivity contribution in [2.75, 3.05) is 18.4 Å². The Hall–Kier alpha value is -2.89. The lowest BCUT2D eigenvalue weighted by Crippen LogP contribution is -2.29. The summed E-state index contributed by atoms with van der Waals surface area (Å²) < 4.78 is 2.16. The van der Waals surface area contributed by atoms with Gasteiger partial charge in [-0.15, -0.1) is 0 Å². The zero-order valence-corrected chi connectivity index (χ0v) is 26.5. The number of pyridine rings is 1. The number of amides is 1. The summed E-state index contributed by atoms with van der Waals surface area (Å²) in [5.41, 5.74) is 2.23. The summed E-state index contributed by atoms with van der Waals surface area (Å²) in [6, 6.07) is 12.2. The number of nitrogens with one attached hydrogen (secondary N) is 1. The molecule has 0 aliphatic carbocycles. The van der Waals surface area contributed by atoms with E-state index in [1.807, 2.05) is 31.2 Å². The summed E-state index contributed by atoms with van der Waals surface area (Å²) in [5.74, 6) is 0.531. The number of hydrogen-bond acceptors (Lipinski definition) is 6. The average molecular weight is 593 g/mol. The van der Waals surface area contributed by atoms with E-state index in [0.717, 1.165) is 19.3 Å². The average Bonchev–Trinajstić information content (AvgIpc) is 3.24. The molecular formula is C33H44N4O2S2. The second kappa shape index (κ2) is 17.2. The van der Waals surface area contributed by atoms with Crippen LogP contribution in [0.4, 0.5) is 5.82 Å². The van der Waals surface area contributed by atoms with Crippen molar-refractivity contribution < 1.29 is 4.79 Å². The molecular weight excluding hydrogens is 549 g/mol. The van der Waals surface area contributed by atoms with Gasteiger partial charge in [0.1, 0.15) is 21.8 Å². The molecule has 1 aliphatic rings. The Kier molecular flexibility index (Phi) is 13.6. The van der Waals surface area contributed by atoms with Gasteiger partial charge in [-0.05, 0) is 43.9 Å². The van der Waals surface area contributed by atoms with Gasteiger partial charge in [-0.2, -0.15) is 5.26 Å². The molecule has 0 spiro atoms. The predicted octanol–water partition coefficient (Wildman–Crippen LogP) is 7.83. The molecule has 3 rings (SSSR count). The third kappa shape index (κ3) is 9.05. The molecule has 1 aromatic carbocycles. The van der Waals surface area contributed by atoms with Crippen molar-refractivity contribution in [1.29, 1.82) is 5.26 Å². The van der Waals surface area contributed by atoms with Gasteiger partial charge >= 0.3 is 0 Å². The number of aromatic nitrogens is 1. The molecule has 1 amide bonds. The second-order valence-corrected chi connectivity index (χ2v) is 12.3. The van der Waals surface area contributed by atoms with E-state index in [4.69, 9.17) is 12.2 Å². The Balaban J connectivity index is 1.70. The number of carbonyl (C=O) groups is 1. The maximum atomic E-state index is 13.4. The van der Waals surface area contributed by atoms with Gasteiger partial charge in [0.05, 0.1) is 4.91 Å². The number of hydrogen-bond donors (Lipinski definition) is 1. The molecule has 0 saturated carbocycles. The number of carbonyl (C=O) groups excluding carboxylic acids is 1. The van der Waals surface area contributed by atoms with E-state index in [1.54, 1.807) is 16.4 Å². The van der Waals surface area contributed by atoms with Crippen molar-refractivity contribution in [1.82, 2.24) is 9.47 Å². The van der Waals surface area contributed by atoms with Gasteiger partial charge in [0.15, 0.2) is 0 Å². The minimum atomic E-state index is -0.319. The molecule has 0 unspecified atom stereocenters. The van der Waals surface area contributed by atoms with Crippen LogP contribution in [0.3, 0.4) is 0 Å². The fourth-order valence-corrected chi connectivity index (χ4v) is 6.50. The summed E-state index contributed by atoms with van der Waals surface area (Å²) in [4.78, 5) is 28.8. The molecule has 1 aromatic heterocycles. The summed E-state index contributed by atoms with van der Waals surface area (Å²) >= 11 is 6.89. The molecule has 1 fully saturated rings. The standard InChI is InChI=1S/C33H44N4O2S2/c1-4-6-7-8-9-10-11-12-13-17-22-37-32(39)29(41-33(37)40)23-27-25(3)28(24-34)31(38)36(5-2)30(27)35-21-20-26-18-15-14-16-19-26/h14-16,18-19,23,35H,4-13,17,20-22H2,1-3H3/b29-23+. The van der Waals surface area contributed by atoms with Crippen LogP contribution in [0.5, 0.6) is 0 Å². The zero-order valence-electron chi connectivity index (χ0n) is 24.8. The molecule has 6 nitrogen and oxygen atoms in total. The van der Waals surface area contributed by atoms with Gasteiger partial charge in [0.25, 0.3) is 11.5 Å². The monoisotopic (exact) mass is 592 g/mol. The van der Waals surface area contributed by atoms with Gasteiger partial charge in [-0.25, -0.2) is 0 Å². The number of benzene rings is 1. The highest BCUT2D eigenvalue weighted by Crippen LogP contribution is 2.35. The number of thiocarbonyl (C=S) groups is 1. The fraction of sp³-hybridized carbons (Fsp3) is 0.515. The lowest BCUT2D eigenvalue weighted by molar-refractivity contribution is -0.122. The van der Waals surface area contributed by atoms with Crippen LogP contribution in [0, 0.1) is 18.3 Å². The Morgan fingerprint density at radius 2 is 1.61 bits per heavy atom. The van der Waals surface area contributed by atoms with E-state index in [2.05, 4.69) is 30.4 Å². The quantitative estimate of drug-likeness (QED) is 0.115. The molecule has 1 aliphatic heterocycles. The van der Waals surface area contributed by atoms with Crippen LogP contribution in [0.15, 0.2) is 40.0 Å². The molecule has 1 N–H and O–H groups in total. The molecule has 8 heteroatoms. The number of thioether (sulfide) groups is 1. The molecule has 220 valence electrons. The van der Waals surface area contributed by atoms with Crippen molar-refractivity contribution in [3.05, 3.63) is 67.8 Å². The molecule has 0 radical (unpaired) electrons. The van der Waals surface area contributed by atoms with Gasteiger partial charge in [-0.3, -0.25) is 19.1 Å². The molecule has 1 saturated heterocycles. The Bertz CT molecular complexity index is 1310. The smallest absolute Gasteiger partial charge is 0.270 e. The van der Waals surface area contributed by atoms with Crippen LogP contribution in [0.25, 0.3) is 6.08 Å². The third-order valence-corrected chi connectivity index (χ3v) is 9.00. The van der Waals surface area contributed by atoms with Crippen molar-refractivity contribution in [2.24, 2.45) is 0 Å². The predicted molar refractivity (Wildman–Crippen MR) is 176 cm³/mol. The number of nitriles is 1. The molecule has 0 atom stereocenters. The number of rotatable bonds is 17. The van der Waals surface area contributed by atoms with Crippen LogP contribution < -0.4 is 10.9 Å². The van der Waals surface area contributed by atoms with Crippen molar-refractivity contribution in [3.63, 3.8) is 0 Å². The van der Waals surface area contributed by atoms with Crippen molar-refractivity contribution in [2.45, 2.75) is 97.9 Å². The first kappa shape index (κ1) is 32.6. The van der Waals surface area contributed by atoms with E-state index in [0.29, 0.717) is 45.8 Å². The highest BCUT2D eigenvalue weighted by atomic mass is 32.2. The SMILES string of the molecule is CCCCCCCCCCCCN1C(=O)/C(=C\c2c(C)c(C#N)c(=O)n(CC)c2NCCc2ccccc2)SC1=S. The van der Waals surface area contributed by atoms with Gasteiger partial charge in [-0.1, -0.05) is 119 Å². The highest BCUT2D eigenvalue weighted by Gasteiger charge is 2.32. The Morgan fingerprint density at radius 3 is 2.22 bits per heavy atom. The molecule has 2 aromatic rings. The van der Waals surface area contributed by atoms with Crippen LogP contribution in [-0.4, -0.2) is 32.8 Å². The largest absolute Gasteiger partial charge is 0.371 e. The Labute approximate surface area is 255 Å². The fourth-order valence-electron chi connectivity index (χ4n) is 5.21. The van der Waals surface area contributed by atoms with Gasteiger partial charge in [0.2, 0.25) is 0 Å². The Morgan fingerprint density at radius 1 is 0.976 bits per heavy atom. The van der Waals surface area contributed by atoms with E-state index in [1.165, 1.54) is 68.7 Å². The molecule has 41 heavy (non-hydrogen) atoms. The third-order valence-electron chi connectivity index (χ3n) is 7.62. The van der Waals surface area contributed by atoms with Gasteiger partial charge < -0.3 is 5.32 Å². The van der Waals surface area contributed by atoms with E-state index >= 15 is 0 Å².